The first kappa shape index (κ1) is 17.0. The number of carbonyl (C=O) groups excluding carboxylic acids is 2. The molecule has 128 valence electrons. The lowest BCUT2D eigenvalue weighted by Crippen LogP contribution is -2.46. The van der Waals surface area contributed by atoms with E-state index in [1.54, 1.807) is 6.08 Å². The lowest BCUT2D eigenvalue weighted by Gasteiger charge is -2.19. The first-order valence-corrected chi connectivity index (χ1v) is 8.52. The van der Waals surface area contributed by atoms with Crippen LogP contribution in [0.1, 0.15) is 36.3 Å². The highest BCUT2D eigenvalue weighted by atomic mass is 16.2. The van der Waals surface area contributed by atoms with E-state index < -0.39 is 17.9 Å². The third-order valence-electron chi connectivity index (χ3n) is 4.66. The van der Waals surface area contributed by atoms with Gasteiger partial charge in [0.2, 0.25) is 11.8 Å². The largest absolute Gasteiger partial charge is 0.368 e. The van der Waals surface area contributed by atoms with Crippen LogP contribution < -0.4 is 11.1 Å². The molecule has 0 spiro atoms. The number of carbonyl (C=O) groups is 2. The summed E-state index contributed by atoms with van der Waals surface area (Å²) in [6.07, 6.45) is 3.86. The monoisotopic (exact) mass is 334 g/mol. The van der Waals surface area contributed by atoms with Gasteiger partial charge >= 0.3 is 0 Å². The molecule has 2 aromatic carbocycles. The SMILES string of the molecule is C=CCCC[C@@H](NC(=O)C1c2ccccc2-c2ccccc21)C(N)=O. The Hall–Kier alpha value is -2.88. The van der Waals surface area contributed by atoms with E-state index in [-0.39, 0.29) is 5.91 Å². The highest BCUT2D eigenvalue weighted by Crippen LogP contribution is 2.44. The summed E-state index contributed by atoms with van der Waals surface area (Å²) < 4.78 is 0. The van der Waals surface area contributed by atoms with Crippen molar-refractivity contribution in [2.75, 3.05) is 0 Å². The maximum absolute atomic E-state index is 13.0. The smallest absolute Gasteiger partial charge is 0.240 e. The van der Waals surface area contributed by atoms with E-state index in [1.807, 2.05) is 48.5 Å². The van der Waals surface area contributed by atoms with Crippen LogP contribution in [0.5, 0.6) is 0 Å². The van der Waals surface area contributed by atoms with Gasteiger partial charge in [0.25, 0.3) is 0 Å². The van der Waals surface area contributed by atoms with Gasteiger partial charge in [-0.2, -0.15) is 0 Å². The minimum absolute atomic E-state index is 0.181. The first-order chi connectivity index (χ1) is 12.1. The molecule has 0 aliphatic heterocycles. The summed E-state index contributed by atoms with van der Waals surface area (Å²) in [5.41, 5.74) is 9.55. The molecule has 0 saturated heterocycles. The van der Waals surface area contributed by atoms with Gasteiger partial charge in [-0.3, -0.25) is 9.59 Å². The van der Waals surface area contributed by atoms with Crippen LogP contribution in [0.4, 0.5) is 0 Å². The van der Waals surface area contributed by atoms with Gasteiger partial charge in [-0.15, -0.1) is 6.58 Å². The molecule has 25 heavy (non-hydrogen) atoms. The molecular weight excluding hydrogens is 312 g/mol. The van der Waals surface area contributed by atoms with Gasteiger partial charge in [-0.1, -0.05) is 54.6 Å². The molecule has 4 nitrogen and oxygen atoms in total. The number of nitrogens with one attached hydrogen (secondary N) is 1. The summed E-state index contributed by atoms with van der Waals surface area (Å²) in [6.45, 7) is 3.67. The quantitative estimate of drug-likeness (QED) is 0.603. The molecule has 0 aromatic heterocycles. The van der Waals surface area contributed by atoms with Gasteiger partial charge in [-0.05, 0) is 41.5 Å². The van der Waals surface area contributed by atoms with E-state index in [0.29, 0.717) is 6.42 Å². The Balaban J connectivity index is 1.86. The third-order valence-corrected chi connectivity index (χ3v) is 4.66. The van der Waals surface area contributed by atoms with Crippen molar-refractivity contribution in [3.8, 4) is 11.1 Å². The second kappa shape index (κ2) is 7.34. The van der Waals surface area contributed by atoms with Crippen molar-refractivity contribution in [1.82, 2.24) is 5.32 Å². The molecule has 2 aromatic rings. The molecule has 3 N–H and O–H groups in total. The fourth-order valence-electron chi connectivity index (χ4n) is 3.44. The molecule has 1 aliphatic rings. The number of benzene rings is 2. The zero-order valence-corrected chi connectivity index (χ0v) is 14.1. The fourth-order valence-corrected chi connectivity index (χ4v) is 3.44. The van der Waals surface area contributed by atoms with Crippen LogP contribution in [0.25, 0.3) is 11.1 Å². The van der Waals surface area contributed by atoms with Crippen molar-refractivity contribution in [1.29, 1.82) is 0 Å². The fraction of sp³-hybridized carbons (Fsp3) is 0.238. The minimum atomic E-state index is -0.660. The van der Waals surface area contributed by atoms with Gasteiger partial charge in [0.05, 0.1) is 5.92 Å². The Morgan fingerprint density at radius 1 is 1.08 bits per heavy atom. The lowest BCUT2D eigenvalue weighted by atomic mass is 9.95. The number of fused-ring (bicyclic) bond motifs is 3. The Labute approximate surface area is 147 Å². The highest BCUT2D eigenvalue weighted by molar-refractivity contribution is 5.98. The average molecular weight is 334 g/mol. The molecule has 0 heterocycles. The highest BCUT2D eigenvalue weighted by Gasteiger charge is 2.34. The molecule has 2 amide bonds. The summed E-state index contributed by atoms with van der Waals surface area (Å²) in [6, 6.07) is 15.1. The number of unbranched alkanes of at least 4 members (excludes halogenated alkanes) is 1. The number of amides is 2. The van der Waals surface area contributed by atoms with E-state index in [4.69, 9.17) is 5.73 Å². The Morgan fingerprint density at radius 2 is 1.64 bits per heavy atom. The van der Waals surface area contributed by atoms with Gasteiger partial charge in [0.15, 0.2) is 0 Å². The maximum atomic E-state index is 13.0. The molecule has 1 aliphatic carbocycles. The predicted octanol–water partition coefficient (Wildman–Crippen LogP) is 3.13. The Kier molecular flexibility index (Phi) is 4.98. The topological polar surface area (TPSA) is 72.2 Å². The zero-order chi connectivity index (χ0) is 17.8. The summed E-state index contributed by atoms with van der Waals surface area (Å²) in [5, 5.41) is 2.85. The molecule has 0 saturated carbocycles. The number of hydrogen-bond donors (Lipinski definition) is 2. The van der Waals surface area contributed by atoms with Crippen molar-refractivity contribution in [3.05, 3.63) is 72.3 Å². The molecular formula is C21H22N2O2. The number of nitrogens with two attached hydrogens (primary N) is 1. The van der Waals surface area contributed by atoms with Crippen LogP contribution in [-0.4, -0.2) is 17.9 Å². The number of rotatable bonds is 7. The van der Waals surface area contributed by atoms with E-state index in [0.717, 1.165) is 35.1 Å². The standard InChI is InChI=1S/C21H22N2O2/c1-2-3-4-13-18(20(22)24)23-21(25)19-16-11-7-5-9-14(16)15-10-6-8-12-17(15)19/h2,5-12,18-19H,1,3-4,13H2,(H2,22,24)(H,23,25)/t18-/m1/s1. The van der Waals surface area contributed by atoms with Crippen LogP contribution >= 0.6 is 0 Å². The average Bonchev–Trinajstić information content (AvgIpc) is 2.95. The minimum Gasteiger partial charge on any atom is -0.368 e. The molecule has 0 bridgehead atoms. The van der Waals surface area contributed by atoms with Crippen molar-refractivity contribution in [2.24, 2.45) is 5.73 Å². The van der Waals surface area contributed by atoms with E-state index >= 15 is 0 Å². The van der Waals surface area contributed by atoms with Gasteiger partial charge in [0, 0.05) is 0 Å². The lowest BCUT2D eigenvalue weighted by molar-refractivity contribution is -0.127. The number of allylic oxidation sites excluding steroid dienone is 1. The molecule has 4 heteroatoms. The number of hydrogen-bond acceptors (Lipinski definition) is 2. The van der Waals surface area contributed by atoms with Gasteiger partial charge in [0.1, 0.15) is 6.04 Å². The van der Waals surface area contributed by atoms with Crippen LogP contribution in [0.3, 0.4) is 0 Å². The Morgan fingerprint density at radius 3 is 2.16 bits per heavy atom. The van der Waals surface area contributed by atoms with Crippen LogP contribution in [0.2, 0.25) is 0 Å². The van der Waals surface area contributed by atoms with Crippen molar-refractivity contribution in [2.45, 2.75) is 31.2 Å². The second-order valence-corrected chi connectivity index (χ2v) is 6.29. The zero-order valence-electron chi connectivity index (χ0n) is 14.1. The van der Waals surface area contributed by atoms with Gasteiger partial charge < -0.3 is 11.1 Å². The summed E-state index contributed by atoms with van der Waals surface area (Å²) in [7, 11) is 0. The van der Waals surface area contributed by atoms with E-state index in [1.165, 1.54) is 0 Å². The molecule has 1 atom stereocenters. The van der Waals surface area contributed by atoms with Crippen molar-refractivity contribution < 1.29 is 9.59 Å². The summed E-state index contributed by atoms with van der Waals surface area (Å²) in [5.74, 6) is -1.09. The van der Waals surface area contributed by atoms with E-state index in [9.17, 15) is 9.59 Å². The molecule has 3 rings (SSSR count). The molecule has 0 fully saturated rings. The maximum Gasteiger partial charge on any atom is 0.240 e. The van der Waals surface area contributed by atoms with Crippen LogP contribution in [0, 0.1) is 0 Å². The molecule has 0 unspecified atom stereocenters. The summed E-state index contributed by atoms with van der Waals surface area (Å²) in [4.78, 5) is 24.7. The normalized spacial score (nSPS) is 13.6. The van der Waals surface area contributed by atoms with Crippen molar-refractivity contribution in [3.63, 3.8) is 0 Å². The van der Waals surface area contributed by atoms with Crippen molar-refractivity contribution >= 4 is 11.8 Å². The van der Waals surface area contributed by atoms with Gasteiger partial charge in [-0.25, -0.2) is 0 Å². The van der Waals surface area contributed by atoms with Crippen LogP contribution in [0.15, 0.2) is 61.2 Å². The third kappa shape index (κ3) is 3.33. The first-order valence-electron chi connectivity index (χ1n) is 8.52. The van der Waals surface area contributed by atoms with Crippen LogP contribution in [-0.2, 0) is 9.59 Å². The molecule has 0 radical (unpaired) electrons. The summed E-state index contributed by atoms with van der Waals surface area (Å²) >= 11 is 0. The number of primary amides is 1. The Bertz CT molecular complexity index is 768. The van der Waals surface area contributed by atoms with E-state index in [2.05, 4.69) is 11.9 Å². The second-order valence-electron chi connectivity index (χ2n) is 6.29. The predicted molar refractivity (Wildman–Crippen MR) is 98.9 cm³/mol.